The van der Waals surface area contributed by atoms with E-state index in [4.69, 9.17) is 0 Å². The second kappa shape index (κ2) is 8.96. The Morgan fingerprint density at radius 2 is 1.76 bits per heavy atom. The standard InChI is InChI=1S/C22H22N4O2S/c27-20(23-14-6-13-21-25-17-9-3-4-10-18(17)29-21)12-5-11-19-24-16-8-2-1-7-15(16)22(28)26-19/h1-4,7-10H,5-6,11-14H2,(H,23,27)(H,24,26,28). The van der Waals surface area contributed by atoms with Crippen molar-refractivity contribution in [2.45, 2.75) is 32.1 Å². The molecule has 0 bridgehead atoms. The molecule has 7 heteroatoms. The topological polar surface area (TPSA) is 87.7 Å². The maximum Gasteiger partial charge on any atom is 0.258 e. The Kier molecular flexibility index (Phi) is 5.95. The Morgan fingerprint density at radius 1 is 0.966 bits per heavy atom. The lowest BCUT2D eigenvalue weighted by Gasteiger charge is -2.05. The largest absolute Gasteiger partial charge is 0.356 e. The molecule has 1 amide bonds. The molecule has 29 heavy (non-hydrogen) atoms. The van der Waals surface area contributed by atoms with Crippen LogP contribution in [0.3, 0.4) is 0 Å². The SMILES string of the molecule is O=C(CCCc1nc2ccccc2c(=O)[nH]1)NCCCc1nc2ccccc2s1. The van der Waals surface area contributed by atoms with Crippen LogP contribution in [-0.4, -0.2) is 27.4 Å². The third-order valence-electron chi connectivity index (χ3n) is 4.71. The van der Waals surface area contributed by atoms with E-state index >= 15 is 0 Å². The number of nitrogens with zero attached hydrogens (tertiary/aromatic N) is 2. The predicted octanol–water partition coefficient (Wildman–Crippen LogP) is 3.60. The fourth-order valence-corrected chi connectivity index (χ4v) is 4.26. The summed E-state index contributed by atoms with van der Waals surface area (Å²) in [6.07, 6.45) is 3.36. The average Bonchev–Trinajstić information content (AvgIpc) is 3.14. The normalized spacial score (nSPS) is 11.2. The number of para-hydroxylation sites is 2. The van der Waals surface area contributed by atoms with Gasteiger partial charge in [0, 0.05) is 25.8 Å². The van der Waals surface area contributed by atoms with Crippen molar-refractivity contribution in [1.29, 1.82) is 0 Å². The molecule has 0 aliphatic rings. The summed E-state index contributed by atoms with van der Waals surface area (Å²) >= 11 is 1.71. The Labute approximate surface area is 172 Å². The van der Waals surface area contributed by atoms with Crippen LogP contribution in [0.15, 0.2) is 53.3 Å². The van der Waals surface area contributed by atoms with Crippen LogP contribution < -0.4 is 10.9 Å². The van der Waals surface area contributed by atoms with Crippen molar-refractivity contribution in [1.82, 2.24) is 20.3 Å². The van der Waals surface area contributed by atoms with E-state index in [0.29, 0.717) is 42.5 Å². The number of rotatable bonds is 8. The highest BCUT2D eigenvalue weighted by Crippen LogP contribution is 2.22. The van der Waals surface area contributed by atoms with Gasteiger partial charge in [-0.05, 0) is 37.1 Å². The number of carbonyl (C=O) groups excluding carboxylic acids is 1. The first-order chi connectivity index (χ1) is 14.2. The van der Waals surface area contributed by atoms with Gasteiger partial charge in [-0.1, -0.05) is 24.3 Å². The molecular formula is C22H22N4O2S. The van der Waals surface area contributed by atoms with Crippen molar-refractivity contribution in [2.75, 3.05) is 6.54 Å². The molecule has 2 aromatic carbocycles. The lowest BCUT2D eigenvalue weighted by molar-refractivity contribution is -0.121. The first-order valence-electron chi connectivity index (χ1n) is 9.78. The van der Waals surface area contributed by atoms with Crippen molar-refractivity contribution < 1.29 is 4.79 Å². The number of aromatic nitrogens is 3. The second-order valence-corrected chi connectivity index (χ2v) is 8.03. The number of nitrogens with one attached hydrogen (secondary N) is 2. The average molecular weight is 407 g/mol. The second-order valence-electron chi connectivity index (χ2n) is 6.91. The van der Waals surface area contributed by atoms with Crippen LogP contribution in [-0.2, 0) is 17.6 Å². The van der Waals surface area contributed by atoms with Crippen molar-refractivity contribution in [3.8, 4) is 0 Å². The molecule has 0 aliphatic heterocycles. The number of amides is 1. The van der Waals surface area contributed by atoms with Crippen LogP contribution in [0, 0.1) is 0 Å². The van der Waals surface area contributed by atoms with Gasteiger partial charge >= 0.3 is 0 Å². The summed E-state index contributed by atoms with van der Waals surface area (Å²) in [4.78, 5) is 36.0. The smallest absolute Gasteiger partial charge is 0.258 e. The molecule has 0 saturated carbocycles. The van der Waals surface area contributed by atoms with Gasteiger partial charge in [-0.2, -0.15) is 0 Å². The molecule has 0 radical (unpaired) electrons. The van der Waals surface area contributed by atoms with Gasteiger partial charge < -0.3 is 10.3 Å². The first-order valence-corrected chi connectivity index (χ1v) is 10.6. The zero-order valence-corrected chi connectivity index (χ0v) is 16.8. The molecule has 0 aliphatic carbocycles. The van der Waals surface area contributed by atoms with Gasteiger partial charge in [0.2, 0.25) is 5.91 Å². The van der Waals surface area contributed by atoms with E-state index in [-0.39, 0.29) is 11.5 Å². The zero-order chi connectivity index (χ0) is 20.1. The lowest BCUT2D eigenvalue weighted by atomic mass is 10.2. The summed E-state index contributed by atoms with van der Waals surface area (Å²) in [5, 5.41) is 4.65. The van der Waals surface area contributed by atoms with Crippen LogP contribution in [0.1, 0.15) is 30.1 Å². The quantitative estimate of drug-likeness (QED) is 0.438. The number of H-pyrrole nitrogens is 1. The van der Waals surface area contributed by atoms with Gasteiger partial charge in [-0.3, -0.25) is 9.59 Å². The summed E-state index contributed by atoms with van der Waals surface area (Å²) in [6.45, 7) is 0.639. The summed E-state index contributed by atoms with van der Waals surface area (Å²) in [7, 11) is 0. The van der Waals surface area contributed by atoms with Crippen LogP contribution in [0.5, 0.6) is 0 Å². The number of fused-ring (bicyclic) bond motifs is 2. The molecule has 4 rings (SSSR count). The van der Waals surface area contributed by atoms with Gasteiger partial charge in [-0.25, -0.2) is 9.97 Å². The number of carbonyl (C=O) groups is 1. The predicted molar refractivity (Wildman–Crippen MR) is 116 cm³/mol. The molecule has 0 unspecified atom stereocenters. The van der Waals surface area contributed by atoms with Gasteiger partial charge in [0.1, 0.15) is 5.82 Å². The van der Waals surface area contributed by atoms with E-state index < -0.39 is 0 Å². The summed E-state index contributed by atoms with van der Waals surface area (Å²) in [6, 6.07) is 15.4. The van der Waals surface area contributed by atoms with Crippen molar-refractivity contribution >= 4 is 38.4 Å². The number of aromatic amines is 1. The zero-order valence-electron chi connectivity index (χ0n) is 16.0. The number of benzene rings is 2. The maximum atomic E-state index is 12.1. The molecule has 0 spiro atoms. The minimum absolute atomic E-state index is 0.0254. The van der Waals surface area contributed by atoms with Crippen LogP contribution in [0.2, 0.25) is 0 Å². The highest BCUT2D eigenvalue weighted by molar-refractivity contribution is 7.18. The van der Waals surface area contributed by atoms with Gasteiger partial charge in [0.05, 0.1) is 26.1 Å². The van der Waals surface area contributed by atoms with Gasteiger partial charge in [0.15, 0.2) is 0 Å². The molecule has 0 fully saturated rings. The van der Waals surface area contributed by atoms with Crippen LogP contribution >= 0.6 is 11.3 Å². The van der Waals surface area contributed by atoms with Crippen LogP contribution in [0.4, 0.5) is 0 Å². The summed E-state index contributed by atoms with van der Waals surface area (Å²) < 4.78 is 1.20. The van der Waals surface area contributed by atoms with E-state index in [0.717, 1.165) is 23.4 Å². The van der Waals surface area contributed by atoms with E-state index in [9.17, 15) is 9.59 Å². The number of hydrogen-bond donors (Lipinski definition) is 2. The molecule has 2 aromatic heterocycles. The Bertz CT molecular complexity index is 1170. The van der Waals surface area contributed by atoms with Crippen LogP contribution in [0.25, 0.3) is 21.1 Å². The van der Waals surface area contributed by atoms with E-state index in [1.165, 1.54) is 4.70 Å². The highest BCUT2D eigenvalue weighted by atomic mass is 32.1. The summed E-state index contributed by atoms with van der Waals surface area (Å²) in [5.41, 5.74) is 1.59. The Balaban J connectivity index is 1.19. The monoisotopic (exact) mass is 406 g/mol. The Morgan fingerprint density at radius 3 is 2.62 bits per heavy atom. The highest BCUT2D eigenvalue weighted by Gasteiger charge is 2.06. The third kappa shape index (κ3) is 4.86. The van der Waals surface area contributed by atoms with Crippen molar-refractivity contribution in [3.05, 3.63) is 69.7 Å². The first kappa shape index (κ1) is 19.3. The molecule has 2 N–H and O–H groups in total. The minimum atomic E-state index is -0.134. The fraction of sp³-hybridized carbons (Fsp3) is 0.273. The number of hydrogen-bond acceptors (Lipinski definition) is 5. The van der Waals surface area contributed by atoms with E-state index in [1.807, 2.05) is 36.4 Å². The molecule has 4 aromatic rings. The molecular weight excluding hydrogens is 384 g/mol. The van der Waals surface area contributed by atoms with Crippen molar-refractivity contribution in [2.24, 2.45) is 0 Å². The van der Waals surface area contributed by atoms with Gasteiger partial charge in [-0.15, -0.1) is 11.3 Å². The third-order valence-corrected chi connectivity index (χ3v) is 5.80. The van der Waals surface area contributed by atoms with Crippen molar-refractivity contribution in [3.63, 3.8) is 0 Å². The van der Waals surface area contributed by atoms with E-state index in [2.05, 4.69) is 26.3 Å². The Hall–Kier alpha value is -3.06. The molecule has 6 nitrogen and oxygen atoms in total. The fourth-order valence-electron chi connectivity index (χ4n) is 3.25. The number of aryl methyl sites for hydroxylation is 2. The molecule has 0 atom stereocenters. The van der Waals surface area contributed by atoms with E-state index in [1.54, 1.807) is 17.4 Å². The molecule has 2 heterocycles. The molecule has 148 valence electrons. The number of thiazole rings is 1. The van der Waals surface area contributed by atoms with Gasteiger partial charge in [0.25, 0.3) is 5.56 Å². The minimum Gasteiger partial charge on any atom is -0.356 e. The summed E-state index contributed by atoms with van der Waals surface area (Å²) in [5.74, 6) is 0.648. The lowest BCUT2D eigenvalue weighted by Crippen LogP contribution is -2.24. The maximum absolute atomic E-state index is 12.1. The molecule has 0 saturated heterocycles.